The van der Waals surface area contributed by atoms with Crippen LogP contribution in [0.15, 0.2) is 83.8 Å². The van der Waals surface area contributed by atoms with Crippen LogP contribution in [0.4, 0.5) is 15.8 Å². The first-order valence-electron chi connectivity index (χ1n) is 8.46. The number of halogens is 2. The molecule has 3 rings (SSSR count). The highest BCUT2D eigenvalue weighted by atomic mass is 35.5. The highest BCUT2D eigenvalue weighted by molar-refractivity contribution is 7.92. The summed E-state index contributed by atoms with van der Waals surface area (Å²) in [5.74, 6) is -0.975. The van der Waals surface area contributed by atoms with Crippen LogP contribution in [0.5, 0.6) is 0 Å². The number of carbonyl (C=O) groups is 1. The van der Waals surface area contributed by atoms with Crippen molar-refractivity contribution in [1.29, 1.82) is 0 Å². The molecule has 3 aromatic carbocycles. The second kappa shape index (κ2) is 8.89. The monoisotopic (exact) mass is 430 g/mol. The van der Waals surface area contributed by atoms with Crippen LogP contribution in [0.2, 0.25) is 5.02 Å². The van der Waals surface area contributed by atoms with Gasteiger partial charge in [-0.3, -0.25) is 9.52 Å². The summed E-state index contributed by atoms with van der Waals surface area (Å²) in [6, 6.07) is 18.2. The molecule has 8 heteroatoms. The van der Waals surface area contributed by atoms with Gasteiger partial charge in [-0.1, -0.05) is 48.0 Å². The van der Waals surface area contributed by atoms with Gasteiger partial charge in [-0.15, -0.1) is 0 Å². The molecule has 2 N–H and O–H groups in total. The van der Waals surface area contributed by atoms with Crippen molar-refractivity contribution in [2.75, 3.05) is 10.0 Å². The molecule has 1 amide bonds. The number of anilines is 2. The summed E-state index contributed by atoms with van der Waals surface area (Å²) in [6.07, 6.45) is 2.51. The molecular formula is C21H16ClFN2O3S. The molecule has 0 aliphatic carbocycles. The summed E-state index contributed by atoms with van der Waals surface area (Å²) >= 11 is 6.00. The van der Waals surface area contributed by atoms with Crippen molar-refractivity contribution in [3.05, 3.63) is 95.3 Å². The van der Waals surface area contributed by atoms with E-state index in [4.69, 9.17) is 11.6 Å². The van der Waals surface area contributed by atoms with Crippen LogP contribution >= 0.6 is 11.6 Å². The van der Waals surface area contributed by atoms with Crippen LogP contribution in [0.3, 0.4) is 0 Å². The van der Waals surface area contributed by atoms with E-state index in [1.54, 1.807) is 42.5 Å². The predicted molar refractivity (Wildman–Crippen MR) is 113 cm³/mol. The average Bonchev–Trinajstić information content (AvgIpc) is 2.69. The summed E-state index contributed by atoms with van der Waals surface area (Å²) in [7, 11) is -3.91. The van der Waals surface area contributed by atoms with E-state index in [-0.39, 0.29) is 26.9 Å². The number of sulfonamides is 1. The fraction of sp³-hybridized carbons (Fsp3) is 0. The van der Waals surface area contributed by atoms with Crippen LogP contribution in [0, 0.1) is 5.82 Å². The number of para-hydroxylation sites is 1. The minimum atomic E-state index is -3.91. The molecule has 0 aliphatic rings. The van der Waals surface area contributed by atoms with E-state index >= 15 is 0 Å². The first-order chi connectivity index (χ1) is 13.8. The molecule has 0 bridgehead atoms. The van der Waals surface area contributed by atoms with E-state index < -0.39 is 21.7 Å². The fourth-order valence-corrected chi connectivity index (χ4v) is 3.81. The maximum absolute atomic E-state index is 13.6. The van der Waals surface area contributed by atoms with Crippen molar-refractivity contribution in [3.63, 3.8) is 0 Å². The van der Waals surface area contributed by atoms with E-state index in [9.17, 15) is 17.6 Å². The third kappa shape index (κ3) is 5.43. The first-order valence-corrected chi connectivity index (χ1v) is 10.3. The number of hydrogen-bond acceptors (Lipinski definition) is 3. The number of rotatable bonds is 6. The fourth-order valence-electron chi connectivity index (χ4n) is 2.45. The van der Waals surface area contributed by atoms with Gasteiger partial charge in [0.2, 0.25) is 5.91 Å². The number of carbonyl (C=O) groups excluding carboxylic acids is 1. The van der Waals surface area contributed by atoms with E-state index in [2.05, 4.69) is 10.0 Å². The maximum Gasteiger partial charge on any atom is 0.262 e. The maximum atomic E-state index is 13.6. The van der Waals surface area contributed by atoms with Gasteiger partial charge >= 0.3 is 0 Å². The zero-order chi connectivity index (χ0) is 20.9. The van der Waals surface area contributed by atoms with Crippen molar-refractivity contribution < 1.29 is 17.6 Å². The van der Waals surface area contributed by atoms with Gasteiger partial charge in [0.05, 0.1) is 15.6 Å². The molecule has 0 saturated heterocycles. The summed E-state index contributed by atoms with van der Waals surface area (Å²) in [5.41, 5.74) is 0.787. The minimum Gasteiger partial charge on any atom is -0.322 e. The minimum absolute atomic E-state index is 0.0479. The van der Waals surface area contributed by atoms with E-state index in [1.165, 1.54) is 42.5 Å². The zero-order valence-electron chi connectivity index (χ0n) is 15.0. The molecule has 5 nitrogen and oxygen atoms in total. The Labute approximate surface area is 172 Å². The first kappa shape index (κ1) is 20.6. The molecule has 0 spiro atoms. The second-order valence-electron chi connectivity index (χ2n) is 5.96. The number of amides is 1. The Kier molecular flexibility index (Phi) is 6.31. The second-order valence-corrected chi connectivity index (χ2v) is 8.05. The van der Waals surface area contributed by atoms with Gasteiger partial charge in [0.15, 0.2) is 0 Å². The molecule has 0 aromatic heterocycles. The third-order valence-electron chi connectivity index (χ3n) is 3.85. The van der Waals surface area contributed by atoms with E-state index in [1.807, 2.05) is 0 Å². The molecule has 0 heterocycles. The van der Waals surface area contributed by atoms with Crippen LogP contribution in [-0.4, -0.2) is 14.3 Å². The molecule has 148 valence electrons. The number of benzene rings is 3. The van der Waals surface area contributed by atoms with Crippen LogP contribution in [0.25, 0.3) is 6.08 Å². The SMILES string of the molecule is O=C(/C=C/c1ccccc1F)Nc1cccc(S(=O)(=O)Nc2ccccc2Cl)c1. The van der Waals surface area contributed by atoms with Gasteiger partial charge in [0, 0.05) is 17.3 Å². The van der Waals surface area contributed by atoms with Crippen molar-refractivity contribution in [2.24, 2.45) is 0 Å². The lowest BCUT2D eigenvalue weighted by Crippen LogP contribution is -2.14. The Morgan fingerprint density at radius 1 is 0.966 bits per heavy atom. The largest absolute Gasteiger partial charge is 0.322 e. The summed E-state index contributed by atoms with van der Waals surface area (Å²) in [6.45, 7) is 0. The Bertz CT molecular complexity index is 1180. The van der Waals surface area contributed by atoms with Crippen LogP contribution < -0.4 is 10.0 Å². The van der Waals surface area contributed by atoms with Crippen molar-refractivity contribution >= 4 is 45.0 Å². The van der Waals surface area contributed by atoms with E-state index in [0.29, 0.717) is 0 Å². The smallest absolute Gasteiger partial charge is 0.262 e. The molecule has 0 radical (unpaired) electrons. The van der Waals surface area contributed by atoms with Gasteiger partial charge in [0.1, 0.15) is 5.82 Å². The Hall–Kier alpha value is -3.16. The quantitative estimate of drug-likeness (QED) is 0.544. The molecule has 0 unspecified atom stereocenters. The third-order valence-corrected chi connectivity index (χ3v) is 5.54. The van der Waals surface area contributed by atoms with Gasteiger partial charge in [-0.25, -0.2) is 12.8 Å². The normalized spacial score (nSPS) is 11.4. The standard InChI is InChI=1S/C21H16ClFN2O3S/c22-18-9-2-4-11-20(18)25-29(27,28)17-8-5-7-16(14-17)24-21(26)13-12-15-6-1-3-10-19(15)23/h1-14,25H,(H,24,26)/b13-12+. The van der Waals surface area contributed by atoms with E-state index in [0.717, 1.165) is 0 Å². The van der Waals surface area contributed by atoms with Gasteiger partial charge < -0.3 is 5.32 Å². The molecule has 0 atom stereocenters. The van der Waals surface area contributed by atoms with Gasteiger partial charge in [-0.2, -0.15) is 0 Å². The van der Waals surface area contributed by atoms with Crippen LogP contribution in [0.1, 0.15) is 5.56 Å². The highest BCUT2D eigenvalue weighted by Crippen LogP contribution is 2.25. The number of hydrogen-bond donors (Lipinski definition) is 2. The Balaban J connectivity index is 1.74. The zero-order valence-corrected chi connectivity index (χ0v) is 16.5. The van der Waals surface area contributed by atoms with Crippen molar-refractivity contribution in [2.45, 2.75) is 4.90 Å². The summed E-state index contributed by atoms with van der Waals surface area (Å²) in [4.78, 5) is 12.0. The summed E-state index contributed by atoms with van der Waals surface area (Å²) in [5, 5.41) is 2.82. The molecular weight excluding hydrogens is 415 g/mol. The Morgan fingerprint density at radius 3 is 2.45 bits per heavy atom. The van der Waals surface area contributed by atoms with Crippen LogP contribution in [-0.2, 0) is 14.8 Å². The Morgan fingerprint density at radius 2 is 1.69 bits per heavy atom. The number of nitrogens with one attached hydrogen (secondary N) is 2. The predicted octanol–water partition coefficient (Wildman–Crippen LogP) is 4.93. The van der Waals surface area contributed by atoms with Crippen molar-refractivity contribution in [3.8, 4) is 0 Å². The van der Waals surface area contributed by atoms with Gasteiger partial charge in [0.25, 0.3) is 10.0 Å². The molecule has 3 aromatic rings. The van der Waals surface area contributed by atoms with Gasteiger partial charge in [-0.05, 0) is 42.5 Å². The summed E-state index contributed by atoms with van der Waals surface area (Å²) < 4.78 is 41.2. The molecule has 0 fully saturated rings. The lowest BCUT2D eigenvalue weighted by molar-refractivity contribution is -0.111. The molecule has 0 saturated carbocycles. The molecule has 29 heavy (non-hydrogen) atoms. The lowest BCUT2D eigenvalue weighted by atomic mass is 10.2. The lowest BCUT2D eigenvalue weighted by Gasteiger charge is -2.11. The highest BCUT2D eigenvalue weighted by Gasteiger charge is 2.16. The average molecular weight is 431 g/mol. The molecule has 0 aliphatic heterocycles. The van der Waals surface area contributed by atoms with Crippen molar-refractivity contribution in [1.82, 2.24) is 0 Å². The topological polar surface area (TPSA) is 75.3 Å².